The smallest absolute Gasteiger partial charge is 0.312 e. The predicted octanol–water partition coefficient (Wildman–Crippen LogP) is 5.62. The molecule has 1 aliphatic rings. The Morgan fingerprint density at radius 2 is 1.88 bits per heavy atom. The van der Waals surface area contributed by atoms with Gasteiger partial charge in [0.1, 0.15) is 0 Å². The molecule has 0 spiro atoms. The summed E-state index contributed by atoms with van der Waals surface area (Å²) in [5.41, 5.74) is 2.07. The second kappa shape index (κ2) is 7.84. The molecule has 2 aromatic rings. The van der Waals surface area contributed by atoms with Crippen LogP contribution >= 0.6 is 11.6 Å². The molecule has 0 bridgehead atoms. The Kier molecular flexibility index (Phi) is 5.56. The zero-order chi connectivity index (χ0) is 16.9. The maximum Gasteiger partial charge on any atom is 0.312 e. The number of benzene rings is 1. The summed E-state index contributed by atoms with van der Waals surface area (Å²) < 4.78 is 5.46. The Morgan fingerprint density at radius 1 is 1.21 bits per heavy atom. The van der Waals surface area contributed by atoms with E-state index in [0.717, 1.165) is 30.5 Å². The maximum absolute atomic E-state index is 10.2. The second-order valence-electron chi connectivity index (χ2n) is 6.25. The highest BCUT2D eigenvalue weighted by atomic mass is 35.5. The van der Waals surface area contributed by atoms with E-state index in [2.05, 4.69) is 4.98 Å². The van der Waals surface area contributed by atoms with Crippen molar-refractivity contribution in [3.8, 4) is 17.4 Å². The van der Waals surface area contributed by atoms with Crippen LogP contribution in [0.4, 0.5) is 0 Å². The standard InChI is InChI=1S/C19H23ClN2O2/c1-2-16(21-15-7-5-3-4-6-8-15)17-19(23)24-18(22-17)13-9-11-14(20)12-10-13/h9-12,15,23H,2-8H2,1H3. The van der Waals surface area contributed by atoms with Crippen molar-refractivity contribution in [3.05, 3.63) is 35.0 Å². The molecule has 0 radical (unpaired) electrons. The van der Waals surface area contributed by atoms with Gasteiger partial charge >= 0.3 is 5.95 Å². The summed E-state index contributed by atoms with van der Waals surface area (Å²) in [6, 6.07) is 7.53. The molecular formula is C19H23ClN2O2. The minimum Gasteiger partial charge on any atom is -0.479 e. The van der Waals surface area contributed by atoms with E-state index >= 15 is 0 Å². The number of hydrogen-bond donors (Lipinski definition) is 1. The van der Waals surface area contributed by atoms with Crippen molar-refractivity contribution < 1.29 is 9.52 Å². The minimum absolute atomic E-state index is 0.158. The molecule has 1 aliphatic carbocycles. The van der Waals surface area contributed by atoms with Gasteiger partial charge in [0, 0.05) is 10.6 Å². The molecule has 0 unspecified atom stereocenters. The van der Waals surface area contributed by atoms with Crippen molar-refractivity contribution in [3.63, 3.8) is 0 Å². The highest BCUT2D eigenvalue weighted by molar-refractivity contribution is 6.30. The van der Waals surface area contributed by atoms with Gasteiger partial charge in [-0.05, 0) is 43.5 Å². The number of halogens is 1. The minimum atomic E-state index is -0.158. The van der Waals surface area contributed by atoms with Gasteiger partial charge in [0.15, 0.2) is 5.69 Å². The van der Waals surface area contributed by atoms with Crippen molar-refractivity contribution in [2.24, 2.45) is 4.99 Å². The fourth-order valence-electron chi connectivity index (χ4n) is 3.14. The molecule has 1 fully saturated rings. The van der Waals surface area contributed by atoms with Crippen LogP contribution in [-0.2, 0) is 0 Å². The van der Waals surface area contributed by atoms with Crippen LogP contribution in [0.15, 0.2) is 33.7 Å². The largest absolute Gasteiger partial charge is 0.479 e. The average Bonchev–Trinajstić information content (AvgIpc) is 2.80. The fourth-order valence-corrected chi connectivity index (χ4v) is 3.27. The van der Waals surface area contributed by atoms with Crippen LogP contribution in [0.2, 0.25) is 5.02 Å². The molecular weight excluding hydrogens is 324 g/mol. The first-order valence-corrected chi connectivity index (χ1v) is 9.08. The number of hydrogen-bond acceptors (Lipinski definition) is 4. The molecule has 0 saturated heterocycles. The van der Waals surface area contributed by atoms with Gasteiger partial charge in [0.25, 0.3) is 0 Å². The van der Waals surface area contributed by atoms with Crippen LogP contribution in [0.1, 0.15) is 57.6 Å². The Morgan fingerprint density at radius 3 is 2.50 bits per heavy atom. The third kappa shape index (κ3) is 3.99. The van der Waals surface area contributed by atoms with Gasteiger partial charge in [0.2, 0.25) is 5.89 Å². The van der Waals surface area contributed by atoms with Crippen LogP contribution in [0.25, 0.3) is 11.5 Å². The first-order valence-electron chi connectivity index (χ1n) is 8.70. The maximum atomic E-state index is 10.2. The van der Waals surface area contributed by atoms with E-state index in [1.54, 1.807) is 12.1 Å². The predicted molar refractivity (Wildman–Crippen MR) is 96.9 cm³/mol. The van der Waals surface area contributed by atoms with Crippen LogP contribution < -0.4 is 0 Å². The van der Waals surface area contributed by atoms with E-state index < -0.39 is 0 Å². The molecule has 5 heteroatoms. The lowest BCUT2D eigenvalue weighted by atomic mass is 10.1. The zero-order valence-electron chi connectivity index (χ0n) is 14.0. The Bertz CT molecular complexity index is 699. The summed E-state index contributed by atoms with van der Waals surface area (Å²) in [4.78, 5) is 9.36. The number of rotatable bonds is 4. The quantitative estimate of drug-likeness (QED) is 0.577. The average molecular weight is 347 g/mol. The van der Waals surface area contributed by atoms with Gasteiger partial charge in [-0.1, -0.05) is 44.2 Å². The van der Waals surface area contributed by atoms with Gasteiger partial charge in [-0.15, -0.1) is 0 Å². The van der Waals surface area contributed by atoms with Crippen molar-refractivity contribution in [2.75, 3.05) is 0 Å². The van der Waals surface area contributed by atoms with E-state index in [1.807, 2.05) is 19.1 Å². The van der Waals surface area contributed by atoms with Crippen molar-refractivity contribution in [1.82, 2.24) is 4.98 Å². The SMILES string of the molecule is CCC(=NC1CCCCCC1)c1nc(-c2ccc(Cl)cc2)oc1O. The molecule has 3 rings (SSSR count). The molecule has 1 saturated carbocycles. The van der Waals surface area contributed by atoms with E-state index in [-0.39, 0.29) is 5.95 Å². The van der Waals surface area contributed by atoms with Crippen LogP contribution in [0, 0.1) is 0 Å². The Hall–Kier alpha value is -1.81. The summed E-state index contributed by atoms with van der Waals surface area (Å²) in [5, 5.41) is 10.8. The number of aromatic nitrogens is 1. The first-order chi connectivity index (χ1) is 11.7. The third-order valence-electron chi connectivity index (χ3n) is 4.47. The van der Waals surface area contributed by atoms with Crippen LogP contribution in [0.5, 0.6) is 5.95 Å². The summed E-state index contributed by atoms with van der Waals surface area (Å²) in [7, 11) is 0. The fraction of sp³-hybridized carbons (Fsp3) is 0.474. The zero-order valence-corrected chi connectivity index (χ0v) is 14.7. The second-order valence-corrected chi connectivity index (χ2v) is 6.69. The molecule has 128 valence electrons. The van der Waals surface area contributed by atoms with Gasteiger partial charge in [-0.3, -0.25) is 4.99 Å². The van der Waals surface area contributed by atoms with Gasteiger partial charge in [-0.25, -0.2) is 4.98 Å². The lowest BCUT2D eigenvalue weighted by Gasteiger charge is -2.10. The van der Waals surface area contributed by atoms with E-state index in [0.29, 0.717) is 22.6 Å². The van der Waals surface area contributed by atoms with Crippen LogP contribution in [-0.4, -0.2) is 21.8 Å². The highest BCUT2D eigenvalue weighted by Gasteiger charge is 2.20. The molecule has 0 atom stereocenters. The molecule has 24 heavy (non-hydrogen) atoms. The number of nitrogens with zero attached hydrogens (tertiary/aromatic N) is 2. The van der Waals surface area contributed by atoms with Crippen molar-refractivity contribution in [2.45, 2.75) is 57.9 Å². The number of aliphatic imine (C=N–C) groups is 1. The van der Waals surface area contributed by atoms with Gasteiger partial charge < -0.3 is 9.52 Å². The monoisotopic (exact) mass is 346 g/mol. The highest BCUT2D eigenvalue weighted by Crippen LogP contribution is 2.29. The molecule has 1 aromatic heterocycles. The van der Waals surface area contributed by atoms with Crippen LogP contribution in [0.3, 0.4) is 0 Å². The number of oxazole rings is 1. The lowest BCUT2D eigenvalue weighted by molar-refractivity contribution is 0.336. The van der Waals surface area contributed by atoms with Crippen molar-refractivity contribution in [1.29, 1.82) is 0 Å². The lowest BCUT2D eigenvalue weighted by Crippen LogP contribution is -2.09. The molecule has 4 nitrogen and oxygen atoms in total. The van der Waals surface area contributed by atoms with E-state index in [9.17, 15) is 5.11 Å². The van der Waals surface area contributed by atoms with E-state index in [4.69, 9.17) is 21.0 Å². The summed E-state index contributed by atoms with van der Waals surface area (Å²) in [6.45, 7) is 2.03. The Labute approximate surface area is 147 Å². The van der Waals surface area contributed by atoms with Gasteiger partial charge in [-0.2, -0.15) is 0 Å². The first kappa shape index (κ1) is 17.0. The molecule has 1 heterocycles. The van der Waals surface area contributed by atoms with Crippen molar-refractivity contribution >= 4 is 17.3 Å². The topological polar surface area (TPSA) is 58.6 Å². The molecule has 0 aliphatic heterocycles. The number of aromatic hydroxyl groups is 1. The van der Waals surface area contributed by atoms with E-state index in [1.165, 1.54) is 25.7 Å². The van der Waals surface area contributed by atoms with Gasteiger partial charge in [0.05, 0.1) is 11.8 Å². The molecule has 1 N–H and O–H groups in total. The molecule has 1 aromatic carbocycles. The summed E-state index contributed by atoms with van der Waals surface area (Å²) in [5.74, 6) is 0.232. The Balaban J connectivity index is 1.87. The summed E-state index contributed by atoms with van der Waals surface area (Å²) in [6.07, 6.45) is 8.00. The summed E-state index contributed by atoms with van der Waals surface area (Å²) >= 11 is 5.91. The third-order valence-corrected chi connectivity index (χ3v) is 4.72. The normalized spacial score (nSPS) is 17.0. The molecule has 0 amide bonds.